The van der Waals surface area contributed by atoms with Gasteiger partial charge in [0, 0.05) is 24.0 Å². The second-order valence-electron chi connectivity index (χ2n) is 5.62. The fraction of sp³-hybridized carbons (Fsp3) is 0.150. The number of nitrogens with one attached hydrogen (secondary N) is 2. The zero-order valence-electron chi connectivity index (χ0n) is 14.8. The van der Waals surface area contributed by atoms with Gasteiger partial charge < -0.3 is 15.4 Å². The van der Waals surface area contributed by atoms with Gasteiger partial charge in [0.25, 0.3) is 5.91 Å². The molecule has 7 heteroatoms. The van der Waals surface area contributed by atoms with Crippen molar-refractivity contribution in [3.05, 3.63) is 77.9 Å². The molecule has 0 aliphatic heterocycles. The number of nitrogens with zero attached hydrogens (tertiary/aromatic N) is 2. The van der Waals surface area contributed by atoms with Gasteiger partial charge >= 0.3 is 0 Å². The van der Waals surface area contributed by atoms with Crippen molar-refractivity contribution in [2.45, 2.75) is 13.5 Å². The summed E-state index contributed by atoms with van der Waals surface area (Å²) in [6, 6.07) is 15.1. The van der Waals surface area contributed by atoms with Gasteiger partial charge in [0.2, 0.25) is 5.95 Å². The van der Waals surface area contributed by atoms with Crippen molar-refractivity contribution in [1.29, 1.82) is 0 Å². The molecule has 3 rings (SSSR count). The van der Waals surface area contributed by atoms with Crippen LogP contribution in [-0.4, -0.2) is 22.5 Å². The molecule has 0 saturated carbocycles. The van der Waals surface area contributed by atoms with E-state index in [0.717, 1.165) is 11.4 Å². The minimum Gasteiger partial charge on any atom is -0.494 e. The lowest BCUT2D eigenvalue weighted by Crippen LogP contribution is -2.24. The molecule has 138 valence electrons. The fourth-order valence-electron chi connectivity index (χ4n) is 2.38. The topological polar surface area (TPSA) is 76.1 Å². The highest BCUT2D eigenvalue weighted by Gasteiger charge is 2.10. The van der Waals surface area contributed by atoms with E-state index in [2.05, 4.69) is 20.6 Å². The van der Waals surface area contributed by atoms with E-state index in [1.807, 2.05) is 31.2 Å². The Morgan fingerprint density at radius 2 is 1.89 bits per heavy atom. The predicted octanol–water partition coefficient (Wildman–Crippen LogP) is 3.69. The van der Waals surface area contributed by atoms with Gasteiger partial charge in [0.05, 0.1) is 6.61 Å². The van der Waals surface area contributed by atoms with Crippen molar-refractivity contribution in [1.82, 2.24) is 15.3 Å². The monoisotopic (exact) mass is 366 g/mol. The number of benzene rings is 2. The Kier molecular flexibility index (Phi) is 5.94. The molecule has 0 radical (unpaired) electrons. The molecule has 0 unspecified atom stereocenters. The number of halogens is 1. The summed E-state index contributed by atoms with van der Waals surface area (Å²) in [6.45, 7) is 2.60. The zero-order valence-corrected chi connectivity index (χ0v) is 14.8. The van der Waals surface area contributed by atoms with Crippen molar-refractivity contribution in [3.63, 3.8) is 0 Å². The van der Waals surface area contributed by atoms with Crippen LogP contribution < -0.4 is 15.4 Å². The Bertz CT molecular complexity index is 916. The van der Waals surface area contributed by atoms with Crippen LogP contribution in [0.3, 0.4) is 0 Å². The number of hydrogen-bond donors (Lipinski definition) is 2. The highest BCUT2D eigenvalue weighted by molar-refractivity contribution is 5.92. The second-order valence-corrected chi connectivity index (χ2v) is 5.62. The molecule has 27 heavy (non-hydrogen) atoms. The minimum atomic E-state index is -0.407. The number of anilines is 2. The highest BCUT2D eigenvalue weighted by atomic mass is 19.1. The van der Waals surface area contributed by atoms with Crippen LogP contribution in [0.5, 0.6) is 5.75 Å². The van der Waals surface area contributed by atoms with E-state index in [9.17, 15) is 9.18 Å². The Hall–Kier alpha value is -3.48. The molecular weight excluding hydrogens is 347 g/mol. The molecule has 3 aromatic rings. The van der Waals surface area contributed by atoms with E-state index in [4.69, 9.17) is 4.74 Å². The van der Waals surface area contributed by atoms with Gasteiger partial charge in [-0.3, -0.25) is 4.79 Å². The van der Waals surface area contributed by atoms with Crippen LogP contribution in [0.2, 0.25) is 0 Å². The molecule has 1 heterocycles. The number of ether oxygens (including phenoxy) is 1. The number of carbonyl (C=O) groups is 1. The van der Waals surface area contributed by atoms with Crippen LogP contribution in [0.1, 0.15) is 23.0 Å². The van der Waals surface area contributed by atoms with Crippen molar-refractivity contribution < 1.29 is 13.9 Å². The lowest BCUT2D eigenvalue weighted by molar-refractivity contribution is 0.0945. The third-order valence-electron chi connectivity index (χ3n) is 3.71. The number of rotatable bonds is 7. The summed E-state index contributed by atoms with van der Waals surface area (Å²) in [4.78, 5) is 20.6. The molecule has 1 amide bonds. The largest absolute Gasteiger partial charge is 0.494 e. The SMILES string of the molecule is CCOc1ccc(Nc2nccc(C(=O)NCc3ccccc3F)n2)cc1. The summed E-state index contributed by atoms with van der Waals surface area (Å²) in [7, 11) is 0. The van der Waals surface area contributed by atoms with Gasteiger partial charge in [-0.15, -0.1) is 0 Å². The lowest BCUT2D eigenvalue weighted by Gasteiger charge is -2.09. The third kappa shape index (κ3) is 5.01. The first-order chi connectivity index (χ1) is 13.2. The average molecular weight is 366 g/mol. The van der Waals surface area contributed by atoms with E-state index in [1.54, 1.807) is 18.2 Å². The van der Waals surface area contributed by atoms with Crippen molar-refractivity contribution in [2.24, 2.45) is 0 Å². The summed E-state index contributed by atoms with van der Waals surface area (Å²) >= 11 is 0. The molecule has 0 bridgehead atoms. The molecule has 0 atom stereocenters. The summed E-state index contributed by atoms with van der Waals surface area (Å²) in [5.41, 5.74) is 1.37. The van der Waals surface area contributed by atoms with Crippen LogP contribution >= 0.6 is 0 Å². The average Bonchev–Trinajstić information content (AvgIpc) is 2.69. The maximum Gasteiger partial charge on any atom is 0.270 e. The van der Waals surface area contributed by atoms with Gasteiger partial charge in [0.15, 0.2) is 0 Å². The van der Waals surface area contributed by atoms with Crippen molar-refractivity contribution >= 4 is 17.5 Å². The molecule has 0 aliphatic rings. The molecule has 1 aromatic heterocycles. The number of amides is 1. The fourth-order valence-corrected chi connectivity index (χ4v) is 2.38. The molecule has 6 nitrogen and oxygen atoms in total. The predicted molar refractivity (Wildman–Crippen MR) is 100 cm³/mol. The number of aromatic nitrogens is 2. The van der Waals surface area contributed by atoms with Crippen LogP contribution in [0, 0.1) is 5.82 Å². The van der Waals surface area contributed by atoms with Crippen LogP contribution in [0.15, 0.2) is 60.8 Å². The quantitative estimate of drug-likeness (QED) is 0.667. The van der Waals surface area contributed by atoms with Gasteiger partial charge in [-0.1, -0.05) is 18.2 Å². The van der Waals surface area contributed by atoms with Crippen LogP contribution in [0.25, 0.3) is 0 Å². The Morgan fingerprint density at radius 1 is 1.11 bits per heavy atom. The van der Waals surface area contributed by atoms with Crippen molar-refractivity contribution in [3.8, 4) is 5.75 Å². The maximum atomic E-state index is 13.6. The van der Waals surface area contributed by atoms with E-state index in [0.29, 0.717) is 12.2 Å². The lowest BCUT2D eigenvalue weighted by atomic mass is 10.2. The first-order valence-corrected chi connectivity index (χ1v) is 8.50. The third-order valence-corrected chi connectivity index (χ3v) is 3.71. The number of carbonyl (C=O) groups excluding carboxylic acids is 1. The van der Waals surface area contributed by atoms with Gasteiger partial charge in [-0.2, -0.15) is 0 Å². The molecule has 0 spiro atoms. The Labute approximate surface area is 156 Å². The molecule has 0 aliphatic carbocycles. The summed E-state index contributed by atoms with van der Waals surface area (Å²) < 4.78 is 19.0. The van der Waals surface area contributed by atoms with E-state index in [-0.39, 0.29) is 24.0 Å². The molecular formula is C20H19FN4O2. The smallest absolute Gasteiger partial charge is 0.270 e. The standard InChI is InChI=1S/C20H19FN4O2/c1-2-27-16-9-7-15(8-10-16)24-20-22-12-11-18(25-20)19(26)23-13-14-5-3-4-6-17(14)21/h3-12H,2,13H2,1H3,(H,23,26)(H,22,24,25). The van der Waals surface area contributed by atoms with Crippen molar-refractivity contribution in [2.75, 3.05) is 11.9 Å². The van der Waals surface area contributed by atoms with E-state index >= 15 is 0 Å². The van der Waals surface area contributed by atoms with E-state index in [1.165, 1.54) is 18.3 Å². The Morgan fingerprint density at radius 3 is 2.63 bits per heavy atom. The zero-order chi connectivity index (χ0) is 19.1. The normalized spacial score (nSPS) is 10.3. The first kappa shape index (κ1) is 18.3. The summed E-state index contributed by atoms with van der Waals surface area (Å²) in [5.74, 6) is 0.289. The molecule has 2 N–H and O–H groups in total. The van der Waals surface area contributed by atoms with E-state index < -0.39 is 5.91 Å². The van der Waals surface area contributed by atoms with Crippen LogP contribution in [0.4, 0.5) is 16.0 Å². The minimum absolute atomic E-state index is 0.0805. The molecule has 0 saturated heterocycles. The molecule has 2 aromatic carbocycles. The van der Waals surface area contributed by atoms with Gasteiger partial charge in [-0.25, -0.2) is 14.4 Å². The second kappa shape index (κ2) is 8.75. The summed E-state index contributed by atoms with van der Waals surface area (Å²) in [6.07, 6.45) is 1.49. The Balaban J connectivity index is 1.64. The van der Waals surface area contributed by atoms with Gasteiger partial charge in [0.1, 0.15) is 17.3 Å². The highest BCUT2D eigenvalue weighted by Crippen LogP contribution is 2.18. The van der Waals surface area contributed by atoms with Crippen LogP contribution in [-0.2, 0) is 6.54 Å². The number of hydrogen-bond acceptors (Lipinski definition) is 5. The first-order valence-electron chi connectivity index (χ1n) is 8.50. The maximum absolute atomic E-state index is 13.6. The summed E-state index contributed by atoms with van der Waals surface area (Å²) in [5, 5.41) is 5.69. The van der Waals surface area contributed by atoms with Gasteiger partial charge in [-0.05, 0) is 43.3 Å². The molecule has 0 fully saturated rings.